The van der Waals surface area contributed by atoms with Crippen molar-refractivity contribution in [1.82, 2.24) is 4.90 Å². The Hall–Kier alpha value is -1.84. The van der Waals surface area contributed by atoms with E-state index in [9.17, 15) is 9.59 Å². The van der Waals surface area contributed by atoms with Crippen molar-refractivity contribution < 1.29 is 9.59 Å². The molecular weight excluding hydrogens is 240 g/mol. The molecule has 1 N–H and O–H groups in total. The maximum Gasteiger partial charge on any atom is 0.253 e. The average molecular weight is 260 g/mol. The number of carbonyl (C=O) groups excluding carboxylic acids is 2. The molecule has 1 aliphatic heterocycles. The molecule has 4 nitrogen and oxygen atoms in total. The van der Waals surface area contributed by atoms with Gasteiger partial charge in [-0.2, -0.15) is 0 Å². The van der Waals surface area contributed by atoms with E-state index >= 15 is 0 Å². The number of benzene rings is 1. The van der Waals surface area contributed by atoms with Crippen LogP contribution in [0.4, 0.5) is 5.69 Å². The van der Waals surface area contributed by atoms with Crippen LogP contribution in [-0.2, 0) is 4.79 Å². The predicted octanol–water partition coefficient (Wildman–Crippen LogP) is 2.66. The Morgan fingerprint density at radius 2 is 1.79 bits per heavy atom. The van der Waals surface area contributed by atoms with Crippen LogP contribution >= 0.6 is 0 Å². The van der Waals surface area contributed by atoms with E-state index in [4.69, 9.17) is 0 Å². The van der Waals surface area contributed by atoms with Gasteiger partial charge in [0.05, 0.1) is 0 Å². The first-order valence-electron chi connectivity index (χ1n) is 6.84. The number of nitrogens with zero attached hydrogens (tertiary/aromatic N) is 1. The van der Waals surface area contributed by atoms with Crippen LogP contribution < -0.4 is 5.32 Å². The third-order valence-corrected chi connectivity index (χ3v) is 3.32. The fourth-order valence-corrected chi connectivity index (χ4v) is 2.39. The van der Waals surface area contributed by atoms with Crippen molar-refractivity contribution in [3.8, 4) is 0 Å². The quantitative estimate of drug-likeness (QED) is 0.888. The van der Waals surface area contributed by atoms with Gasteiger partial charge in [0, 0.05) is 31.3 Å². The number of anilines is 1. The van der Waals surface area contributed by atoms with Crippen molar-refractivity contribution in [2.24, 2.45) is 0 Å². The summed E-state index contributed by atoms with van der Waals surface area (Å²) in [6, 6.07) is 7.14. The molecule has 0 radical (unpaired) electrons. The zero-order valence-electron chi connectivity index (χ0n) is 11.3. The monoisotopic (exact) mass is 260 g/mol. The predicted molar refractivity (Wildman–Crippen MR) is 75.1 cm³/mol. The minimum absolute atomic E-state index is 0.0640. The van der Waals surface area contributed by atoms with Gasteiger partial charge in [0.15, 0.2) is 0 Å². The number of rotatable bonds is 2. The van der Waals surface area contributed by atoms with Crippen LogP contribution in [0.15, 0.2) is 24.3 Å². The summed E-state index contributed by atoms with van der Waals surface area (Å²) in [4.78, 5) is 25.4. The lowest BCUT2D eigenvalue weighted by atomic mass is 10.1. The number of carbonyl (C=O) groups is 2. The zero-order valence-corrected chi connectivity index (χ0v) is 11.3. The van der Waals surface area contributed by atoms with E-state index in [1.807, 2.05) is 4.90 Å². The van der Waals surface area contributed by atoms with Gasteiger partial charge < -0.3 is 10.2 Å². The van der Waals surface area contributed by atoms with E-state index in [2.05, 4.69) is 5.32 Å². The summed E-state index contributed by atoms with van der Waals surface area (Å²) < 4.78 is 0. The SMILES string of the molecule is CC(=O)Nc1cccc(C(=O)N2CCCCCC2)c1. The van der Waals surface area contributed by atoms with Crippen LogP contribution in [0.1, 0.15) is 43.0 Å². The lowest BCUT2D eigenvalue weighted by Gasteiger charge is -2.20. The fraction of sp³-hybridized carbons (Fsp3) is 0.467. The van der Waals surface area contributed by atoms with Gasteiger partial charge in [-0.25, -0.2) is 0 Å². The van der Waals surface area contributed by atoms with Gasteiger partial charge in [-0.1, -0.05) is 18.9 Å². The van der Waals surface area contributed by atoms with Crippen LogP contribution in [-0.4, -0.2) is 29.8 Å². The third kappa shape index (κ3) is 3.81. The molecule has 1 saturated heterocycles. The highest BCUT2D eigenvalue weighted by Crippen LogP contribution is 2.16. The molecule has 0 aromatic heterocycles. The minimum Gasteiger partial charge on any atom is -0.339 e. The summed E-state index contributed by atoms with van der Waals surface area (Å²) >= 11 is 0. The molecule has 1 heterocycles. The zero-order chi connectivity index (χ0) is 13.7. The Balaban J connectivity index is 2.11. The Kier molecular flexibility index (Phi) is 4.55. The highest BCUT2D eigenvalue weighted by molar-refractivity contribution is 5.96. The Morgan fingerprint density at radius 3 is 2.42 bits per heavy atom. The van der Waals surface area contributed by atoms with E-state index in [0.717, 1.165) is 25.9 Å². The van der Waals surface area contributed by atoms with Crippen molar-refractivity contribution in [2.75, 3.05) is 18.4 Å². The molecule has 0 saturated carbocycles. The van der Waals surface area contributed by atoms with Gasteiger partial charge in [0.1, 0.15) is 0 Å². The summed E-state index contributed by atoms with van der Waals surface area (Å²) in [6.45, 7) is 3.13. The van der Waals surface area contributed by atoms with E-state index in [0.29, 0.717) is 11.3 Å². The fourth-order valence-electron chi connectivity index (χ4n) is 2.39. The Bertz CT molecular complexity index is 463. The number of nitrogens with one attached hydrogen (secondary N) is 1. The second-order valence-electron chi connectivity index (χ2n) is 4.97. The molecule has 102 valence electrons. The van der Waals surface area contributed by atoms with Gasteiger partial charge in [-0.3, -0.25) is 9.59 Å². The van der Waals surface area contributed by atoms with E-state index in [-0.39, 0.29) is 11.8 Å². The number of likely N-dealkylation sites (tertiary alicyclic amines) is 1. The van der Waals surface area contributed by atoms with Crippen LogP contribution in [0, 0.1) is 0 Å². The summed E-state index contributed by atoms with van der Waals surface area (Å²) in [6.07, 6.45) is 4.57. The highest BCUT2D eigenvalue weighted by atomic mass is 16.2. The molecule has 0 unspecified atom stereocenters. The van der Waals surface area contributed by atoms with E-state index in [1.54, 1.807) is 24.3 Å². The Morgan fingerprint density at radius 1 is 1.11 bits per heavy atom. The lowest BCUT2D eigenvalue weighted by molar-refractivity contribution is -0.114. The molecule has 4 heteroatoms. The van der Waals surface area contributed by atoms with Gasteiger partial charge in [-0.05, 0) is 31.0 Å². The molecule has 1 aromatic rings. The number of hydrogen-bond donors (Lipinski definition) is 1. The minimum atomic E-state index is -0.126. The van der Waals surface area contributed by atoms with E-state index < -0.39 is 0 Å². The van der Waals surface area contributed by atoms with Crippen LogP contribution in [0.3, 0.4) is 0 Å². The van der Waals surface area contributed by atoms with Crippen LogP contribution in [0.2, 0.25) is 0 Å². The topological polar surface area (TPSA) is 49.4 Å². The summed E-state index contributed by atoms with van der Waals surface area (Å²) in [7, 11) is 0. The van der Waals surface area contributed by atoms with Crippen molar-refractivity contribution in [3.05, 3.63) is 29.8 Å². The maximum absolute atomic E-state index is 12.4. The van der Waals surface area contributed by atoms with Crippen molar-refractivity contribution >= 4 is 17.5 Å². The standard InChI is InChI=1S/C15H20N2O2/c1-12(18)16-14-8-6-7-13(11-14)15(19)17-9-4-2-3-5-10-17/h6-8,11H,2-5,9-10H2,1H3,(H,16,18). The molecule has 0 spiro atoms. The normalized spacial score (nSPS) is 15.7. The van der Waals surface area contributed by atoms with Gasteiger partial charge in [-0.15, -0.1) is 0 Å². The average Bonchev–Trinajstić information content (AvgIpc) is 2.66. The first-order valence-corrected chi connectivity index (χ1v) is 6.84. The molecule has 0 bridgehead atoms. The second kappa shape index (κ2) is 6.36. The first kappa shape index (κ1) is 13.6. The van der Waals surface area contributed by atoms with Crippen molar-refractivity contribution in [3.63, 3.8) is 0 Å². The lowest BCUT2D eigenvalue weighted by Crippen LogP contribution is -2.31. The Labute approximate surface area is 113 Å². The van der Waals surface area contributed by atoms with Crippen LogP contribution in [0.25, 0.3) is 0 Å². The first-order chi connectivity index (χ1) is 9.16. The third-order valence-electron chi connectivity index (χ3n) is 3.32. The molecule has 1 aliphatic rings. The molecule has 0 aliphatic carbocycles. The summed E-state index contributed by atoms with van der Waals surface area (Å²) in [5.41, 5.74) is 1.32. The molecule has 0 atom stereocenters. The molecule has 19 heavy (non-hydrogen) atoms. The maximum atomic E-state index is 12.4. The summed E-state index contributed by atoms with van der Waals surface area (Å²) in [5.74, 6) is -0.0616. The largest absolute Gasteiger partial charge is 0.339 e. The van der Waals surface area contributed by atoms with E-state index in [1.165, 1.54) is 19.8 Å². The summed E-state index contributed by atoms with van der Waals surface area (Å²) in [5, 5.41) is 2.71. The van der Waals surface area contributed by atoms with Crippen LogP contribution in [0.5, 0.6) is 0 Å². The number of hydrogen-bond acceptors (Lipinski definition) is 2. The van der Waals surface area contributed by atoms with Gasteiger partial charge in [0.2, 0.25) is 5.91 Å². The second-order valence-corrected chi connectivity index (χ2v) is 4.97. The van der Waals surface area contributed by atoms with Crippen molar-refractivity contribution in [2.45, 2.75) is 32.6 Å². The van der Waals surface area contributed by atoms with Crippen molar-refractivity contribution in [1.29, 1.82) is 0 Å². The molecule has 1 fully saturated rings. The highest BCUT2D eigenvalue weighted by Gasteiger charge is 2.17. The smallest absolute Gasteiger partial charge is 0.253 e. The molecule has 1 aromatic carbocycles. The van der Waals surface area contributed by atoms with Gasteiger partial charge >= 0.3 is 0 Å². The number of amides is 2. The molecular formula is C15H20N2O2. The van der Waals surface area contributed by atoms with Gasteiger partial charge in [0.25, 0.3) is 5.91 Å². The molecule has 2 rings (SSSR count). The molecule has 2 amide bonds.